The van der Waals surface area contributed by atoms with Gasteiger partial charge in [-0.2, -0.15) is 15.0 Å². The van der Waals surface area contributed by atoms with Gasteiger partial charge in [0, 0.05) is 19.6 Å². The number of thiocarbonyl (C=S) groups is 1. The molecule has 0 bridgehead atoms. The summed E-state index contributed by atoms with van der Waals surface area (Å²) < 4.78 is 5.30. The third kappa shape index (κ3) is 3.02. The summed E-state index contributed by atoms with van der Waals surface area (Å²) >= 11 is 4.92. The quantitative estimate of drug-likeness (QED) is 0.724. The van der Waals surface area contributed by atoms with Crippen molar-refractivity contribution in [2.75, 3.05) is 43.1 Å². The third-order valence-electron chi connectivity index (χ3n) is 2.47. The molecule has 1 aliphatic heterocycles. The van der Waals surface area contributed by atoms with Gasteiger partial charge in [-0.25, -0.2) is 0 Å². The van der Waals surface area contributed by atoms with Crippen molar-refractivity contribution < 1.29 is 4.74 Å². The molecule has 0 spiro atoms. The maximum absolute atomic E-state index is 5.58. The van der Waals surface area contributed by atoms with Crippen LogP contribution in [0.25, 0.3) is 0 Å². The van der Waals surface area contributed by atoms with E-state index in [0.29, 0.717) is 30.9 Å². The number of aromatic nitrogens is 3. The Bertz CT molecular complexity index is 434. The van der Waals surface area contributed by atoms with E-state index in [1.54, 1.807) is 0 Å². The molecular weight excluding hydrogens is 252 g/mol. The molecule has 0 saturated carbocycles. The number of anilines is 2. The molecule has 0 atom stereocenters. The van der Waals surface area contributed by atoms with E-state index in [4.69, 9.17) is 22.7 Å². The van der Waals surface area contributed by atoms with Crippen LogP contribution in [0.1, 0.15) is 12.7 Å². The minimum atomic E-state index is 0.172. The Kier molecular flexibility index (Phi) is 4.21. The fraction of sp³-hybridized carbons (Fsp3) is 0.600. The highest BCUT2D eigenvalue weighted by atomic mass is 32.1. The summed E-state index contributed by atoms with van der Waals surface area (Å²) in [4.78, 5) is 15.0. The van der Waals surface area contributed by atoms with Crippen LogP contribution >= 0.6 is 12.2 Å². The highest BCUT2D eigenvalue weighted by molar-refractivity contribution is 7.80. The van der Waals surface area contributed by atoms with Crippen LogP contribution in [-0.2, 0) is 4.74 Å². The van der Waals surface area contributed by atoms with Gasteiger partial charge in [0.2, 0.25) is 11.9 Å². The van der Waals surface area contributed by atoms with Gasteiger partial charge in [0.05, 0.1) is 13.2 Å². The first-order valence-electron chi connectivity index (χ1n) is 5.83. The Labute approximate surface area is 111 Å². The predicted molar refractivity (Wildman–Crippen MR) is 72.9 cm³/mol. The van der Waals surface area contributed by atoms with Crippen LogP contribution in [0, 0.1) is 0 Å². The zero-order valence-corrected chi connectivity index (χ0v) is 11.0. The summed E-state index contributed by atoms with van der Waals surface area (Å²) in [7, 11) is 0. The van der Waals surface area contributed by atoms with E-state index in [9.17, 15) is 0 Å². The minimum Gasteiger partial charge on any atom is -0.387 e. The fourth-order valence-electron chi connectivity index (χ4n) is 1.62. The number of ether oxygens (including phenoxy) is 1. The van der Waals surface area contributed by atoms with E-state index in [1.807, 2.05) is 11.8 Å². The third-order valence-corrected chi connectivity index (χ3v) is 2.66. The van der Waals surface area contributed by atoms with Crippen LogP contribution in [0.2, 0.25) is 0 Å². The van der Waals surface area contributed by atoms with Crippen molar-refractivity contribution in [3.05, 3.63) is 5.82 Å². The van der Waals surface area contributed by atoms with E-state index in [-0.39, 0.29) is 4.99 Å². The lowest BCUT2D eigenvalue weighted by Crippen LogP contribution is -2.38. The molecule has 7 nitrogen and oxygen atoms in total. The Balaban J connectivity index is 2.29. The number of hydrogen-bond acceptors (Lipinski definition) is 7. The van der Waals surface area contributed by atoms with Crippen molar-refractivity contribution in [2.24, 2.45) is 5.73 Å². The first-order valence-corrected chi connectivity index (χ1v) is 6.24. The summed E-state index contributed by atoms with van der Waals surface area (Å²) in [6.07, 6.45) is 0. The van der Waals surface area contributed by atoms with Gasteiger partial charge in [-0.15, -0.1) is 0 Å². The van der Waals surface area contributed by atoms with Gasteiger partial charge in [0.25, 0.3) is 0 Å². The van der Waals surface area contributed by atoms with Crippen molar-refractivity contribution in [1.82, 2.24) is 15.0 Å². The van der Waals surface area contributed by atoms with E-state index in [1.165, 1.54) is 0 Å². The topological polar surface area (TPSA) is 89.2 Å². The number of morpholine rings is 1. The number of nitrogens with one attached hydrogen (secondary N) is 1. The maximum atomic E-state index is 5.58. The number of nitrogens with zero attached hydrogens (tertiary/aromatic N) is 4. The van der Waals surface area contributed by atoms with Crippen LogP contribution in [0.5, 0.6) is 0 Å². The van der Waals surface area contributed by atoms with E-state index in [0.717, 1.165) is 19.6 Å². The molecule has 0 amide bonds. The van der Waals surface area contributed by atoms with Crippen LogP contribution in [0.15, 0.2) is 0 Å². The maximum Gasteiger partial charge on any atom is 0.230 e. The molecule has 0 aliphatic carbocycles. The van der Waals surface area contributed by atoms with Gasteiger partial charge in [0.15, 0.2) is 5.82 Å². The molecule has 98 valence electrons. The lowest BCUT2D eigenvalue weighted by atomic mass is 10.4. The number of hydrogen-bond donors (Lipinski definition) is 2. The monoisotopic (exact) mass is 268 g/mol. The molecule has 0 aromatic carbocycles. The van der Waals surface area contributed by atoms with Crippen LogP contribution < -0.4 is 16.0 Å². The van der Waals surface area contributed by atoms with E-state index in [2.05, 4.69) is 20.3 Å². The Morgan fingerprint density at radius 2 is 2.11 bits per heavy atom. The van der Waals surface area contributed by atoms with Crippen molar-refractivity contribution in [3.8, 4) is 0 Å². The lowest BCUT2D eigenvalue weighted by molar-refractivity contribution is 0.122. The van der Waals surface area contributed by atoms with Crippen LogP contribution in [-0.4, -0.2) is 52.8 Å². The Morgan fingerprint density at radius 3 is 2.72 bits per heavy atom. The summed E-state index contributed by atoms with van der Waals surface area (Å²) in [5, 5.41) is 3.05. The van der Waals surface area contributed by atoms with Crippen LogP contribution in [0.4, 0.5) is 11.9 Å². The Morgan fingerprint density at radius 1 is 1.39 bits per heavy atom. The SMILES string of the molecule is CCNc1nc(C(N)=S)nc(N2CCOCC2)n1. The van der Waals surface area contributed by atoms with Crippen molar-refractivity contribution in [1.29, 1.82) is 0 Å². The van der Waals surface area contributed by atoms with E-state index < -0.39 is 0 Å². The molecule has 0 radical (unpaired) electrons. The second-order valence-corrected chi connectivity index (χ2v) is 4.22. The molecule has 1 saturated heterocycles. The number of nitrogens with two attached hydrogens (primary N) is 1. The van der Waals surface area contributed by atoms with Crippen LogP contribution in [0.3, 0.4) is 0 Å². The number of rotatable bonds is 4. The lowest BCUT2D eigenvalue weighted by Gasteiger charge is -2.27. The van der Waals surface area contributed by atoms with Gasteiger partial charge >= 0.3 is 0 Å². The second kappa shape index (κ2) is 5.87. The van der Waals surface area contributed by atoms with Crippen molar-refractivity contribution >= 4 is 29.1 Å². The van der Waals surface area contributed by atoms with Gasteiger partial charge < -0.3 is 20.7 Å². The van der Waals surface area contributed by atoms with Gasteiger partial charge in [-0.1, -0.05) is 12.2 Å². The predicted octanol–water partition coefficient (Wildman–Crippen LogP) is -0.226. The van der Waals surface area contributed by atoms with Gasteiger partial charge in [0.1, 0.15) is 4.99 Å². The zero-order chi connectivity index (χ0) is 13.0. The summed E-state index contributed by atoms with van der Waals surface area (Å²) in [6, 6.07) is 0. The van der Waals surface area contributed by atoms with Crippen molar-refractivity contribution in [3.63, 3.8) is 0 Å². The summed E-state index contributed by atoms with van der Waals surface area (Å²) in [6.45, 7) is 5.55. The standard InChI is InChI=1S/C10H16N6OS/c1-2-12-9-13-8(7(11)18)14-10(15-9)16-3-5-17-6-4-16/h2-6H2,1H3,(H2,11,18)(H,12,13,14,15). The minimum absolute atomic E-state index is 0.172. The normalized spacial score (nSPS) is 15.5. The molecule has 8 heteroatoms. The fourth-order valence-corrected chi connectivity index (χ4v) is 1.71. The average Bonchev–Trinajstić information content (AvgIpc) is 2.40. The molecular formula is C10H16N6OS. The molecule has 1 fully saturated rings. The molecule has 1 aliphatic rings. The Hall–Kier alpha value is -1.54. The zero-order valence-electron chi connectivity index (χ0n) is 10.2. The average molecular weight is 268 g/mol. The molecule has 0 unspecified atom stereocenters. The second-order valence-electron chi connectivity index (χ2n) is 3.78. The summed E-state index contributed by atoms with van der Waals surface area (Å²) in [5.41, 5.74) is 5.58. The molecule has 3 N–H and O–H groups in total. The first kappa shape index (κ1) is 12.9. The van der Waals surface area contributed by atoms with Gasteiger partial charge in [-0.05, 0) is 6.92 Å². The summed E-state index contributed by atoms with van der Waals surface area (Å²) in [5.74, 6) is 1.43. The smallest absolute Gasteiger partial charge is 0.230 e. The largest absolute Gasteiger partial charge is 0.387 e. The van der Waals surface area contributed by atoms with Gasteiger partial charge in [-0.3, -0.25) is 0 Å². The molecule has 1 aromatic rings. The molecule has 1 aromatic heterocycles. The highest BCUT2D eigenvalue weighted by Crippen LogP contribution is 2.12. The molecule has 2 heterocycles. The highest BCUT2D eigenvalue weighted by Gasteiger charge is 2.17. The van der Waals surface area contributed by atoms with E-state index >= 15 is 0 Å². The first-order chi connectivity index (χ1) is 8.70. The molecule has 2 rings (SSSR count). The van der Waals surface area contributed by atoms with Crippen molar-refractivity contribution in [2.45, 2.75) is 6.92 Å². The molecule has 18 heavy (non-hydrogen) atoms.